The van der Waals surface area contributed by atoms with E-state index in [-0.39, 0.29) is 11.8 Å². The molecule has 5 heteroatoms. The highest BCUT2D eigenvalue weighted by Crippen LogP contribution is 2.51. The maximum absolute atomic E-state index is 12.4. The summed E-state index contributed by atoms with van der Waals surface area (Å²) in [6, 6.07) is 4.07. The molecule has 0 unspecified atom stereocenters. The van der Waals surface area contributed by atoms with Crippen LogP contribution in [0.4, 0.5) is 4.79 Å². The van der Waals surface area contributed by atoms with Gasteiger partial charge in [-0.25, -0.2) is 4.79 Å². The summed E-state index contributed by atoms with van der Waals surface area (Å²) in [4.78, 5) is 12.4. The van der Waals surface area contributed by atoms with Crippen molar-refractivity contribution >= 4 is 6.16 Å². The standard InChI is InChI=1S/C25H35NO4/c1-4-5-6-9-19-15-22-24(21-14-17(2)10-11-20(21)18(3)29-22)23(16-19)30-25(27)28-13-8-7-12-26/h14-16,20-21H,3-13,26H2,1-2H3/t20-,21+/m0/s1. The molecule has 1 aliphatic heterocycles. The molecular formula is C25H35NO4. The van der Waals surface area contributed by atoms with Crippen LogP contribution in [0.5, 0.6) is 11.5 Å². The molecule has 1 heterocycles. The Kier molecular flexibility index (Phi) is 7.97. The number of ether oxygens (including phenoxy) is 3. The van der Waals surface area contributed by atoms with Crippen molar-refractivity contribution in [3.8, 4) is 11.5 Å². The molecule has 0 radical (unpaired) electrons. The normalized spacial score (nSPS) is 20.0. The predicted octanol–water partition coefficient (Wildman–Crippen LogP) is 6.02. The Hall–Kier alpha value is -2.27. The van der Waals surface area contributed by atoms with E-state index in [2.05, 4.69) is 32.6 Å². The second kappa shape index (κ2) is 10.7. The smallest absolute Gasteiger partial charge is 0.462 e. The molecule has 2 N–H and O–H groups in total. The molecule has 0 bridgehead atoms. The summed E-state index contributed by atoms with van der Waals surface area (Å²) in [5.74, 6) is 2.43. The first-order valence-corrected chi connectivity index (χ1v) is 11.3. The molecule has 1 aromatic rings. The van der Waals surface area contributed by atoms with Crippen LogP contribution in [-0.2, 0) is 11.2 Å². The monoisotopic (exact) mass is 413 g/mol. The summed E-state index contributed by atoms with van der Waals surface area (Å²) in [7, 11) is 0. The van der Waals surface area contributed by atoms with Crippen LogP contribution in [0.2, 0.25) is 0 Å². The van der Waals surface area contributed by atoms with Crippen LogP contribution in [0, 0.1) is 5.92 Å². The third-order valence-electron chi connectivity index (χ3n) is 5.98. The number of carbonyl (C=O) groups is 1. The van der Waals surface area contributed by atoms with Gasteiger partial charge < -0.3 is 19.9 Å². The van der Waals surface area contributed by atoms with Gasteiger partial charge in [-0.15, -0.1) is 0 Å². The largest absolute Gasteiger partial charge is 0.513 e. The number of aryl methyl sites for hydroxylation is 1. The van der Waals surface area contributed by atoms with Gasteiger partial charge in [0.15, 0.2) is 0 Å². The number of benzene rings is 1. The number of hydrogen-bond donors (Lipinski definition) is 1. The van der Waals surface area contributed by atoms with Crippen molar-refractivity contribution in [3.63, 3.8) is 0 Å². The van der Waals surface area contributed by atoms with Crippen molar-refractivity contribution in [2.75, 3.05) is 13.2 Å². The van der Waals surface area contributed by atoms with Crippen LogP contribution < -0.4 is 15.2 Å². The minimum absolute atomic E-state index is 0.111. The van der Waals surface area contributed by atoms with E-state index in [0.29, 0.717) is 18.9 Å². The van der Waals surface area contributed by atoms with Crippen LogP contribution in [0.25, 0.3) is 0 Å². The van der Waals surface area contributed by atoms with Gasteiger partial charge in [0.25, 0.3) is 0 Å². The average molecular weight is 414 g/mol. The molecule has 1 aliphatic carbocycles. The molecule has 2 aliphatic rings. The summed E-state index contributed by atoms with van der Waals surface area (Å²) in [5.41, 5.74) is 8.89. The minimum Gasteiger partial charge on any atom is -0.462 e. The summed E-state index contributed by atoms with van der Waals surface area (Å²) in [5, 5.41) is 0. The molecular weight excluding hydrogens is 378 g/mol. The third kappa shape index (κ3) is 5.45. The molecule has 1 aromatic carbocycles. The van der Waals surface area contributed by atoms with E-state index in [4.69, 9.17) is 19.9 Å². The average Bonchev–Trinajstić information content (AvgIpc) is 2.71. The van der Waals surface area contributed by atoms with Gasteiger partial charge in [0.2, 0.25) is 0 Å². The third-order valence-corrected chi connectivity index (χ3v) is 5.98. The van der Waals surface area contributed by atoms with Crippen molar-refractivity contribution in [2.45, 2.75) is 71.1 Å². The lowest BCUT2D eigenvalue weighted by molar-refractivity contribution is 0.0967. The number of unbranched alkanes of at least 4 members (excludes halogenated alkanes) is 3. The van der Waals surface area contributed by atoms with E-state index >= 15 is 0 Å². The van der Waals surface area contributed by atoms with Crippen LogP contribution >= 0.6 is 0 Å². The minimum atomic E-state index is -0.669. The molecule has 0 spiro atoms. The molecule has 3 rings (SSSR count). The number of nitrogens with two attached hydrogens (primary N) is 1. The Labute approximate surface area is 180 Å². The lowest BCUT2D eigenvalue weighted by Gasteiger charge is -2.37. The van der Waals surface area contributed by atoms with E-state index < -0.39 is 6.16 Å². The molecule has 164 valence electrons. The van der Waals surface area contributed by atoms with Crippen molar-refractivity contribution in [1.82, 2.24) is 0 Å². The van der Waals surface area contributed by atoms with Gasteiger partial charge in [-0.2, -0.15) is 0 Å². The lowest BCUT2D eigenvalue weighted by atomic mass is 9.74. The maximum atomic E-state index is 12.4. The van der Waals surface area contributed by atoms with Crippen LogP contribution in [0.15, 0.2) is 36.1 Å². The van der Waals surface area contributed by atoms with Crippen molar-refractivity contribution < 1.29 is 19.0 Å². The van der Waals surface area contributed by atoms with Gasteiger partial charge in [0, 0.05) is 17.4 Å². The fourth-order valence-corrected chi connectivity index (χ4v) is 4.33. The summed E-state index contributed by atoms with van der Waals surface area (Å²) in [6.45, 7) is 9.42. The van der Waals surface area contributed by atoms with E-state index in [9.17, 15) is 4.79 Å². The Bertz CT molecular complexity index is 799. The zero-order valence-electron chi connectivity index (χ0n) is 18.4. The molecule has 5 nitrogen and oxygen atoms in total. The van der Waals surface area contributed by atoms with E-state index in [0.717, 1.165) is 74.0 Å². The Morgan fingerprint density at radius 1 is 1.27 bits per heavy atom. The van der Waals surface area contributed by atoms with E-state index in [1.807, 2.05) is 6.07 Å². The number of hydrogen-bond acceptors (Lipinski definition) is 5. The maximum Gasteiger partial charge on any atom is 0.513 e. The van der Waals surface area contributed by atoms with Crippen molar-refractivity contribution in [2.24, 2.45) is 11.7 Å². The first-order valence-electron chi connectivity index (χ1n) is 11.3. The highest BCUT2D eigenvalue weighted by molar-refractivity contribution is 5.67. The predicted molar refractivity (Wildman–Crippen MR) is 119 cm³/mol. The Morgan fingerprint density at radius 3 is 2.87 bits per heavy atom. The van der Waals surface area contributed by atoms with Gasteiger partial charge in [-0.3, -0.25) is 0 Å². The molecule has 0 saturated carbocycles. The van der Waals surface area contributed by atoms with Gasteiger partial charge in [-0.05, 0) is 69.7 Å². The first kappa shape index (κ1) is 22.4. The summed E-state index contributed by atoms with van der Waals surface area (Å²) >= 11 is 0. The molecule has 0 amide bonds. The molecule has 30 heavy (non-hydrogen) atoms. The molecule has 0 aromatic heterocycles. The van der Waals surface area contributed by atoms with Crippen LogP contribution in [0.1, 0.15) is 75.8 Å². The zero-order chi connectivity index (χ0) is 21.5. The number of fused-ring (bicyclic) bond motifs is 3. The fraction of sp³-hybridized carbons (Fsp3) is 0.560. The number of carbonyl (C=O) groups excluding carboxylic acids is 1. The van der Waals surface area contributed by atoms with Gasteiger partial charge in [0.05, 0.1) is 6.61 Å². The second-order valence-electron chi connectivity index (χ2n) is 8.41. The van der Waals surface area contributed by atoms with Crippen LogP contribution in [0.3, 0.4) is 0 Å². The SMILES string of the molecule is C=C1Oc2cc(CCCCC)cc(OC(=O)OCCCCN)c2[C@@H]2C=C(C)CC[C@@H]12. The van der Waals surface area contributed by atoms with E-state index in [1.54, 1.807) is 0 Å². The van der Waals surface area contributed by atoms with Gasteiger partial charge in [0.1, 0.15) is 17.3 Å². The molecule has 0 saturated heterocycles. The quantitative estimate of drug-likeness (QED) is 0.232. The van der Waals surface area contributed by atoms with Crippen LogP contribution in [-0.4, -0.2) is 19.3 Å². The number of allylic oxidation sites excluding steroid dienone is 3. The number of rotatable bonds is 9. The Morgan fingerprint density at radius 2 is 2.10 bits per heavy atom. The summed E-state index contributed by atoms with van der Waals surface area (Å²) < 4.78 is 17.1. The highest BCUT2D eigenvalue weighted by atomic mass is 16.7. The van der Waals surface area contributed by atoms with E-state index in [1.165, 1.54) is 5.57 Å². The fourth-order valence-electron chi connectivity index (χ4n) is 4.33. The highest BCUT2D eigenvalue weighted by Gasteiger charge is 2.37. The van der Waals surface area contributed by atoms with Crippen molar-refractivity contribution in [3.05, 3.63) is 47.2 Å². The second-order valence-corrected chi connectivity index (χ2v) is 8.41. The van der Waals surface area contributed by atoms with Crippen molar-refractivity contribution in [1.29, 1.82) is 0 Å². The lowest BCUT2D eigenvalue weighted by Crippen LogP contribution is -2.26. The summed E-state index contributed by atoms with van der Waals surface area (Å²) in [6.07, 6.45) is 9.51. The first-order chi connectivity index (χ1) is 14.5. The Balaban J connectivity index is 1.89. The van der Waals surface area contributed by atoms with Gasteiger partial charge in [-0.1, -0.05) is 38.0 Å². The topological polar surface area (TPSA) is 70.8 Å². The molecule has 2 atom stereocenters. The van der Waals surface area contributed by atoms with Gasteiger partial charge >= 0.3 is 6.16 Å². The molecule has 0 fully saturated rings. The zero-order valence-corrected chi connectivity index (χ0v) is 18.4.